The minimum absolute atomic E-state index is 0.0313. The maximum atomic E-state index is 13.1. The van der Waals surface area contributed by atoms with Crippen LogP contribution in [0.1, 0.15) is 13.3 Å². The van der Waals surface area contributed by atoms with Crippen molar-refractivity contribution in [3.63, 3.8) is 0 Å². The molecule has 1 heterocycles. The smallest absolute Gasteiger partial charge is 0.235 e. The predicted octanol–water partition coefficient (Wildman–Crippen LogP) is 2.70. The summed E-state index contributed by atoms with van der Waals surface area (Å²) < 4.78 is 0. The first-order chi connectivity index (χ1) is 12.5. The SMILES string of the molecule is CC(=O)N(CN1C(=O)[C@@H]2[C@@H]3C=C[C@H]([C@@H]4C[C@H]34)[C@@H]2C1=O)c1ccc(Cl)cc1. The standard InChI is InChI=1S/C20H19ClN2O3/c1-10(24)22(12-4-2-11(21)3-5-12)9-23-19(25)17-13-6-7-14(16-8-15(13)16)18(17)20(23)26/h2-7,13-18H,8-9H2,1H3/t13-,14-,15-,16+,17-,18+/m1/s1. The van der Waals surface area contributed by atoms with Crippen molar-refractivity contribution in [2.75, 3.05) is 11.6 Å². The lowest BCUT2D eigenvalue weighted by molar-refractivity contribution is -0.140. The Bertz CT molecular complexity index is 813. The normalized spacial score (nSPS) is 36.2. The van der Waals surface area contributed by atoms with Crippen LogP contribution in [0.3, 0.4) is 0 Å². The number of hydrogen-bond acceptors (Lipinski definition) is 3. The summed E-state index contributed by atoms with van der Waals surface area (Å²) in [7, 11) is 0. The molecule has 1 aromatic rings. The van der Waals surface area contributed by atoms with Gasteiger partial charge in [-0.15, -0.1) is 0 Å². The van der Waals surface area contributed by atoms with Crippen molar-refractivity contribution in [1.29, 1.82) is 0 Å². The van der Waals surface area contributed by atoms with Gasteiger partial charge in [-0.2, -0.15) is 0 Å². The molecule has 4 aliphatic carbocycles. The molecule has 0 radical (unpaired) electrons. The van der Waals surface area contributed by atoms with Gasteiger partial charge in [0.2, 0.25) is 17.7 Å². The Balaban J connectivity index is 1.44. The van der Waals surface area contributed by atoms with Gasteiger partial charge < -0.3 is 0 Å². The van der Waals surface area contributed by atoms with E-state index in [0.717, 1.165) is 6.42 Å². The molecule has 6 heteroatoms. The number of likely N-dealkylation sites (tertiary alicyclic amines) is 1. The number of allylic oxidation sites excluding steroid dienone is 2. The Kier molecular flexibility index (Phi) is 3.35. The Morgan fingerprint density at radius 1 is 1.08 bits per heavy atom. The van der Waals surface area contributed by atoms with Crippen molar-refractivity contribution in [1.82, 2.24) is 4.90 Å². The summed E-state index contributed by atoms with van der Waals surface area (Å²) in [6.07, 6.45) is 5.44. The van der Waals surface area contributed by atoms with E-state index in [-0.39, 0.29) is 48.1 Å². The van der Waals surface area contributed by atoms with Crippen LogP contribution in [-0.2, 0) is 14.4 Å². The van der Waals surface area contributed by atoms with Crippen LogP contribution < -0.4 is 4.90 Å². The number of nitrogens with zero attached hydrogens (tertiary/aromatic N) is 2. The number of anilines is 1. The largest absolute Gasteiger partial charge is 0.294 e. The summed E-state index contributed by atoms with van der Waals surface area (Å²) in [5.41, 5.74) is 0.626. The van der Waals surface area contributed by atoms with Crippen molar-refractivity contribution < 1.29 is 14.4 Å². The molecule has 0 spiro atoms. The van der Waals surface area contributed by atoms with E-state index in [1.807, 2.05) is 0 Å². The van der Waals surface area contributed by atoms with E-state index < -0.39 is 0 Å². The van der Waals surface area contributed by atoms with Gasteiger partial charge in [-0.1, -0.05) is 23.8 Å². The number of amides is 3. The Morgan fingerprint density at radius 3 is 2.12 bits per heavy atom. The lowest BCUT2D eigenvalue weighted by Gasteiger charge is -2.37. The van der Waals surface area contributed by atoms with E-state index in [2.05, 4.69) is 12.2 Å². The monoisotopic (exact) mass is 370 g/mol. The van der Waals surface area contributed by atoms with Gasteiger partial charge in [0.05, 0.1) is 11.8 Å². The van der Waals surface area contributed by atoms with Crippen LogP contribution in [0, 0.1) is 35.5 Å². The maximum Gasteiger partial charge on any atom is 0.235 e. The molecule has 0 unspecified atom stereocenters. The average Bonchev–Trinajstić information content (AvgIpc) is 3.40. The summed E-state index contributed by atoms with van der Waals surface area (Å²) in [6, 6.07) is 6.83. The lowest BCUT2D eigenvalue weighted by Crippen LogP contribution is -2.44. The summed E-state index contributed by atoms with van der Waals surface area (Å²) in [4.78, 5) is 41.0. The molecule has 1 aliphatic heterocycles. The van der Waals surface area contributed by atoms with Gasteiger partial charge >= 0.3 is 0 Å². The average molecular weight is 371 g/mol. The minimum atomic E-state index is -0.236. The Hall–Kier alpha value is -2.14. The molecule has 0 N–H and O–H groups in total. The highest BCUT2D eigenvalue weighted by molar-refractivity contribution is 6.30. The molecule has 26 heavy (non-hydrogen) atoms. The van der Waals surface area contributed by atoms with Gasteiger partial charge in [0.15, 0.2) is 0 Å². The van der Waals surface area contributed by atoms with Crippen LogP contribution in [0.2, 0.25) is 5.02 Å². The molecule has 1 aromatic carbocycles. The molecule has 3 fully saturated rings. The zero-order valence-electron chi connectivity index (χ0n) is 14.3. The second-order valence-electron chi connectivity index (χ2n) is 7.82. The maximum absolute atomic E-state index is 13.1. The van der Waals surface area contributed by atoms with E-state index in [4.69, 9.17) is 11.6 Å². The van der Waals surface area contributed by atoms with Crippen LogP contribution in [0.5, 0.6) is 0 Å². The first-order valence-electron chi connectivity index (χ1n) is 9.04. The third-order valence-corrected chi connectivity index (χ3v) is 6.81. The second kappa shape index (κ2) is 5.43. The zero-order chi connectivity index (χ0) is 18.2. The van der Waals surface area contributed by atoms with E-state index in [9.17, 15) is 14.4 Å². The molecule has 5 nitrogen and oxygen atoms in total. The van der Waals surface area contributed by atoms with Gasteiger partial charge in [-0.05, 0) is 54.4 Å². The van der Waals surface area contributed by atoms with Gasteiger partial charge in [-0.25, -0.2) is 0 Å². The summed E-state index contributed by atoms with van der Waals surface area (Å²) in [5, 5.41) is 0.568. The third-order valence-electron chi connectivity index (χ3n) is 6.56. The molecular formula is C20H19ClN2O3. The predicted molar refractivity (Wildman–Crippen MR) is 96.0 cm³/mol. The Morgan fingerprint density at radius 2 is 1.62 bits per heavy atom. The number of carbonyl (C=O) groups is 3. The van der Waals surface area contributed by atoms with E-state index in [0.29, 0.717) is 22.5 Å². The number of carbonyl (C=O) groups excluding carboxylic acids is 3. The molecule has 1 saturated heterocycles. The van der Waals surface area contributed by atoms with E-state index >= 15 is 0 Å². The van der Waals surface area contributed by atoms with Crippen molar-refractivity contribution in [3.8, 4) is 0 Å². The first-order valence-corrected chi connectivity index (χ1v) is 9.42. The van der Waals surface area contributed by atoms with Crippen LogP contribution in [0.15, 0.2) is 36.4 Å². The zero-order valence-corrected chi connectivity index (χ0v) is 15.1. The second-order valence-corrected chi connectivity index (χ2v) is 8.26. The number of rotatable bonds is 3. The quantitative estimate of drug-likeness (QED) is 0.607. The van der Waals surface area contributed by atoms with E-state index in [1.165, 1.54) is 16.7 Å². The van der Waals surface area contributed by atoms with Gasteiger partial charge in [0, 0.05) is 17.6 Å². The van der Waals surface area contributed by atoms with Crippen molar-refractivity contribution >= 4 is 35.0 Å². The summed E-state index contributed by atoms with van der Waals surface area (Å²) in [6.45, 7) is 1.41. The van der Waals surface area contributed by atoms with E-state index in [1.54, 1.807) is 24.3 Å². The highest BCUT2D eigenvalue weighted by Gasteiger charge is 2.67. The molecular weight excluding hydrogens is 352 g/mol. The minimum Gasteiger partial charge on any atom is -0.294 e. The molecule has 0 aromatic heterocycles. The topological polar surface area (TPSA) is 57.7 Å². The van der Waals surface area contributed by atoms with Crippen LogP contribution in [0.4, 0.5) is 5.69 Å². The van der Waals surface area contributed by atoms with Gasteiger partial charge in [0.1, 0.15) is 6.67 Å². The van der Waals surface area contributed by atoms with Crippen LogP contribution >= 0.6 is 11.6 Å². The van der Waals surface area contributed by atoms with Crippen LogP contribution in [0.25, 0.3) is 0 Å². The Labute approximate surface area is 156 Å². The molecule has 3 amide bonds. The highest BCUT2D eigenvalue weighted by atomic mass is 35.5. The van der Waals surface area contributed by atoms with Crippen molar-refractivity contribution in [2.24, 2.45) is 35.5 Å². The molecule has 6 atom stereocenters. The highest BCUT2D eigenvalue weighted by Crippen LogP contribution is 2.65. The number of hydrogen-bond donors (Lipinski definition) is 0. The molecule has 6 rings (SSSR count). The third kappa shape index (κ3) is 2.13. The fraction of sp³-hybridized carbons (Fsp3) is 0.450. The van der Waals surface area contributed by atoms with Crippen molar-refractivity contribution in [3.05, 3.63) is 41.4 Å². The molecule has 134 valence electrons. The first kappa shape index (κ1) is 16.1. The lowest BCUT2D eigenvalue weighted by atomic mass is 9.63. The molecule has 2 bridgehead atoms. The fourth-order valence-corrected chi connectivity index (χ4v) is 5.41. The van der Waals surface area contributed by atoms with Gasteiger partial charge in [0.25, 0.3) is 0 Å². The van der Waals surface area contributed by atoms with Gasteiger partial charge in [-0.3, -0.25) is 24.2 Å². The number of halogens is 1. The summed E-state index contributed by atoms with van der Waals surface area (Å²) >= 11 is 5.92. The van der Waals surface area contributed by atoms with Crippen LogP contribution in [-0.4, -0.2) is 29.3 Å². The molecule has 5 aliphatic rings. The molecule has 2 saturated carbocycles. The summed E-state index contributed by atoms with van der Waals surface area (Å²) in [5.74, 6) is 0.601. The number of benzene rings is 1. The van der Waals surface area contributed by atoms with Crippen molar-refractivity contribution in [2.45, 2.75) is 13.3 Å². The number of imide groups is 1. The fourth-order valence-electron chi connectivity index (χ4n) is 5.28.